The largest absolute Gasteiger partial charge is 0.573 e. The number of nitrogens with zero attached hydrogens (tertiary/aromatic N) is 2. The lowest BCUT2D eigenvalue weighted by atomic mass is 10.0. The highest BCUT2D eigenvalue weighted by Crippen LogP contribution is 2.30. The molecule has 1 fully saturated rings. The van der Waals surface area contributed by atoms with Crippen LogP contribution in [0.2, 0.25) is 0 Å². The monoisotopic (exact) mass is 351 g/mol. The van der Waals surface area contributed by atoms with Crippen molar-refractivity contribution in [2.24, 2.45) is 0 Å². The molecule has 2 N–H and O–H groups in total. The van der Waals surface area contributed by atoms with Gasteiger partial charge in [0.15, 0.2) is 0 Å². The van der Waals surface area contributed by atoms with Gasteiger partial charge >= 0.3 is 6.36 Å². The van der Waals surface area contributed by atoms with Gasteiger partial charge in [0.05, 0.1) is 0 Å². The maximum absolute atomic E-state index is 12.3. The highest BCUT2D eigenvalue weighted by Gasteiger charge is 2.31. The molecule has 4 nitrogen and oxygen atoms in total. The molecule has 2 heterocycles. The minimum Gasteiger partial charge on any atom is -0.406 e. The Morgan fingerprint density at radius 2 is 2.00 bits per heavy atom. The number of likely N-dealkylation sites (tertiary alicyclic amines) is 1. The first-order valence-electron chi connectivity index (χ1n) is 8.16. The molecule has 0 unspecified atom stereocenters. The summed E-state index contributed by atoms with van der Waals surface area (Å²) in [6, 6.07) is 8.16. The summed E-state index contributed by atoms with van der Waals surface area (Å²) in [4.78, 5) is 6.51. The van der Waals surface area contributed by atoms with Gasteiger partial charge in [0.1, 0.15) is 11.6 Å². The normalized spacial score (nSPS) is 18.5. The summed E-state index contributed by atoms with van der Waals surface area (Å²) in [6.07, 6.45) is -0.688. The summed E-state index contributed by atoms with van der Waals surface area (Å²) in [6.45, 7) is 3.96. The first kappa shape index (κ1) is 17.5. The van der Waals surface area contributed by atoms with Crippen molar-refractivity contribution in [2.75, 3.05) is 12.3 Å². The molecule has 25 heavy (non-hydrogen) atoms. The third-order valence-electron chi connectivity index (χ3n) is 4.47. The first-order valence-corrected chi connectivity index (χ1v) is 8.16. The van der Waals surface area contributed by atoms with Crippen molar-refractivity contribution in [3.63, 3.8) is 0 Å². The van der Waals surface area contributed by atoms with Gasteiger partial charge in [0.2, 0.25) is 0 Å². The van der Waals surface area contributed by atoms with Gasteiger partial charge < -0.3 is 10.5 Å². The Kier molecular flexibility index (Phi) is 4.85. The molecular weight excluding hydrogens is 331 g/mol. The predicted octanol–water partition coefficient (Wildman–Crippen LogP) is 4.21. The van der Waals surface area contributed by atoms with Gasteiger partial charge in [0, 0.05) is 24.3 Å². The zero-order valence-corrected chi connectivity index (χ0v) is 13.9. The van der Waals surface area contributed by atoms with Gasteiger partial charge in [0.25, 0.3) is 0 Å². The lowest BCUT2D eigenvalue weighted by Crippen LogP contribution is -2.26. The third kappa shape index (κ3) is 4.42. The van der Waals surface area contributed by atoms with Crippen molar-refractivity contribution in [3.8, 4) is 16.9 Å². The number of aromatic nitrogens is 1. The van der Waals surface area contributed by atoms with E-state index in [2.05, 4.69) is 21.5 Å². The Morgan fingerprint density at radius 1 is 1.28 bits per heavy atom. The topological polar surface area (TPSA) is 51.4 Å². The molecule has 134 valence electrons. The number of halogens is 3. The molecule has 1 saturated heterocycles. The van der Waals surface area contributed by atoms with Crippen molar-refractivity contribution in [1.82, 2.24) is 9.88 Å². The minimum absolute atomic E-state index is 0.241. The predicted molar refractivity (Wildman–Crippen MR) is 89.9 cm³/mol. The van der Waals surface area contributed by atoms with Gasteiger partial charge in [-0.2, -0.15) is 0 Å². The van der Waals surface area contributed by atoms with Crippen LogP contribution in [0.15, 0.2) is 36.5 Å². The molecule has 1 aromatic heterocycles. The molecule has 0 amide bonds. The SMILES string of the molecule is C[C@@H]1CCCN1Cc1cc(N)ncc1-c1ccc(OC(F)(F)F)cc1. The Labute approximate surface area is 144 Å². The van der Waals surface area contributed by atoms with Crippen LogP contribution in [0.1, 0.15) is 25.3 Å². The fourth-order valence-corrected chi connectivity index (χ4v) is 3.19. The van der Waals surface area contributed by atoms with Crippen LogP contribution in [-0.2, 0) is 6.54 Å². The second-order valence-electron chi connectivity index (χ2n) is 6.30. The number of nitrogens with two attached hydrogens (primary N) is 1. The molecule has 0 radical (unpaired) electrons. The van der Waals surface area contributed by atoms with Crippen LogP contribution >= 0.6 is 0 Å². The summed E-state index contributed by atoms with van der Waals surface area (Å²) in [5.74, 6) is 0.192. The van der Waals surface area contributed by atoms with E-state index in [-0.39, 0.29) is 5.75 Å². The third-order valence-corrected chi connectivity index (χ3v) is 4.47. The van der Waals surface area contributed by atoms with E-state index in [1.54, 1.807) is 18.3 Å². The highest BCUT2D eigenvalue weighted by atomic mass is 19.4. The maximum Gasteiger partial charge on any atom is 0.573 e. The molecule has 7 heteroatoms. The summed E-state index contributed by atoms with van der Waals surface area (Å²) < 4.78 is 40.8. The number of ether oxygens (including phenoxy) is 1. The Balaban J connectivity index is 1.86. The number of alkyl halides is 3. The van der Waals surface area contributed by atoms with E-state index in [1.165, 1.54) is 25.0 Å². The van der Waals surface area contributed by atoms with Crippen molar-refractivity contribution >= 4 is 5.82 Å². The molecule has 0 spiro atoms. The molecule has 2 aromatic rings. The maximum atomic E-state index is 12.3. The summed E-state index contributed by atoms with van der Waals surface area (Å²) in [5, 5.41) is 0. The standard InChI is InChI=1S/C18H20F3N3O/c1-12-3-2-8-24(12)11-14-9-17(22)23-10-16(14)13-4-6-15(7-5-13)25-18(19,20)21/h4-7,9-10,12H,2-3,8,11H2,1H3,(H2,22,23)/t12-/m1/s1. The molecule has 3 rings (SSSR count). The number of nitrogen functional groups attached to an aromatic ring is 1. The van der Waals surface area contributed by atoms with Crippen LogP contribution in [0.25, 0.3) is 11.1 Å². The smallest absolute Gasteiger partial charge is 0.406 e. The van der Waals surface area contributed by atoms with Gasteiger partial charge in [-0.25, -0.2) is 4.98 Å². The fourth-order valence-electron chi connectivity index (χ4n) is 3.19. The minimum atomic E-state index is -4.69. The van der Waals surface area contributed by atoms with Crippen LogP contribution in [0, 0.1) is 0 Å². The second-order valence-corrected chi connectivity index (χ2v) is 6.30. The quantitative estimate of drug-likeness (QED) is 0.896. The van der Waals surface area contributed by atoms with Crippen molar-refractivity contribution in [3.05, 3.63) is 42.1 Å². The van der Waals surface area contributed by atoms with E-state index in [0.29, 0.717) is 11.9 Å². The van der Waals surface area contributed by atoms with Crippen LogP contribution in [0.4, 0.5) is 19.0 Å². The molecule has 0 bridgehead atoms. The van der Waals surface area contributed by atoms with E-state index in [4.69, 9.17) is 5.73 Å². The Bertz CT molecular complexity index is 731. The molecule has 1 aromatic carbocycles. The molecule has 0 aliphatic carbocycles. The van der Waals surface area contributed by atoms with Crippen molar-refractivity contribution in [1.29, 1.82) is 0 Å². The lowest BCUT2D eigenvalue weighted by molar-refractivity contribution is -0.274. The number of anilines is 1. The second kappa shape index (κ2) is 6.92. The number of benzene rings is 1. The van der Waals surface area contributed by atoms with Gasteiger partial charge in [-0.15, -0.1) is 13.2 Å². The zero-order chi connectivity index (χ0) is 18.0. The van der Waals surface area contributed by atoms with Crippen LogP contribution in [0.3, 0.4) is 0 Å². The van der Waals surface area contributed by atoms with E-state index >= 15 is 0 Å². The molecule has 1 aliphatic heterocycles. The number of hydrogen-bond acceptors (Lipinski definition) is 4. The molecule has 1 atom stereocenters. The van der Waals surface area contributed by atoms with Crippen LogP contribution in [0.5, 0.6) is 5.75 Å². The van der Waals surface area contributed by atoms with Crippen LogP contribution in [-0.4, -0.2) is 28.8 Å². The number of pyridine rings is 1. The van der Waals surface area contributed by atoms with Crippen molar-refractivity contribution < 1.29 is 17.9 Å². The van der Waals surface area contributed by atoms with Crippen molar-refractivity contribution in [2.45, 2.75) is 38.7 Å². The lowest BCUT2D eigenvalue weighted by Gasteiger charge is -2.22. The summed E-state index contributed by atoms with van der Waals surface area (Å²) >= 11 is 0. The first-order chi connectivity index (χ1) is 11.8. The summed E-state index contributed by atoms with van der Waals surface area (Å²) in [5.41, 5.74) is 8.50. The average Bonchev–Trinajstić information content (AvgIpc) is 2.92. The molecular formula is C18H20F3N3O. The molecule has 0 saturated carbocycles. The van der Waals surface area contributed by atoms with E-state index in [1.807, 2.05) is 6.07 Å². The number of hydrogen-bond donors (Lipinski definition) is 1. The van der Waals surface area contributed by atoms with E-state index in [0.717, 1.165) is 29.8 Å². The molecule has 1 aliphatic rings. The average molecular weight is 351 g/mol. The Hall–Kier alpha value is -2.28. The zero-order valence-electron chi connectivity index (χ0n) is 13.9. The van der Waals surface area contributed by atoms with Gasteiger partial charge in [-0.1, -0.05) is 12.1 Å². The highest BCUT2D eigenvalue weighted by molar-refractivity contribution is 5.68. The van der Waals surface area contributed by atoms with Gasteiger partial charge in [-0.3, -0.25) is 4.90 Å². The van der Waals surface area contributed by atoms with Gasteiger partial charge in [-0.05, 0) is 55.6 Å². The van der Waals surface area contributed by atoms with Crippen LogP contribution < -0.4 is 10.5 Å². The van der Waals surface area contributed by atoms with E-state index in [9.17, 15) is 13.2 Å². The number of rotatable bonds is 4. The Morgan fingerprint density at radius 3 is 2.60 bits per heavy atom. The fraction of sp³-hybridized carbons (Fsp3) is 0.389. The summed E-state index contributed by atoms with van der Waals surface area (Å²) in [7, 11) is 0. The van der Waals surface area contributed by atoms with E-state index < -0.39 is 6.36 Å².